The average Bonchev–Trinajstić information content (AvgIpc) is 2.66. The van der Waals surface area contributed by atoms with Crippen molar-refractivity contribution >= 4 is 10.8 Å². The molecule has 140 valence electrons. The Balaban J connectivity index is 1.94. The largest absolute Gasteiger partial charge is 0.433 e. The van der Waals surface area contributed by atoms with Gasteiger partial charge in [0.25, 0.3) is 0 Å². The van der Waals surface area contributed by atoms with Crippen LogP contribution in [-0.2, 0) is 23.4 Å². The Kier molecular flexibility index (Phi) is 5.65. The molecule has 0 spiro atoms. The highest BCUT2D eigenvalue weighted by molar-refractivity contribution is 7.84. The Morgan fingerprint density at radius 3 is 2.44 bits per heavy atom. The molecule has 2 heterocycles. The summed E-state index contributed by atoms with van der Waals surface area (Å²) in [6, 6.07) is 13.2. The number of pyridine rings is 1. The molecule has 3 aromatic rings. The van der Waals surface area contributed by atoms with Gasteiger partial charge >= 0.3 is 6.18 Å². The third kappa shape index (κ3) is 4.97. The summed E-state index contributed by atoms with van der Waals surface area (Å²) in [5.41, 5.74) is 0.876. The van der Waals surface area contributed by atoms with Crippen LogP contribution in [0.4, 0.5) is 13.2 Å². The minimum absolute atomic E-state index is 0.113. The van der Waals surface area contributed by atoms with E-state index in [1.165, 1.54) is 12.3 Å². The van der Waals surface area contributed by atoms with E-state index in [9.17, 15) is 17.4 Å². The topological polar surface area (TPSA) is 55.7 Å². The van der Waals surface area contributed by atoms with Crippen molar-refractivity contribution < 1.29 is 17.4 Å². The maximum absolute atomic E-state index is 13.3. The Labute approximate surface area is 157 Å². The number of benzene rings is 1. The van der Waals surface area contributed by atoms with Crippen molar-refractivity contribution in [3.05, 3.63) is 71.7 Å². The molecule has 2 aromatic heterocycles. The lowest BCUT2D eigenvalue weighted by Crippen LogP contribution is -2.13. The first-order chi connectivity index (χ1) is 12.8. The maximum Gasteiger partial charge on any atom is 0.433 e. The molecule has 0 radical (unpaired) electrons. The molecule has 0 aliphatic rings. The number of hydrogen-bond donors (Lipinski definition) is 0. The fourth-order valence-electron chi connectivity index (χ4n) is 2.46. The van der Waals surface area contributed by atoms with Crippen molar-refractivity contribution in [3.8, 4) is 11.4 Å². The smallest absolute Gasteiger partial charge is 0.262 e. The molecule has 4 nitrogen and oxygen atoms in total. The average molecular weight is 391 g/mol. The third-order valence-corrected chi connectivity index (χ3v) is 5.05. The zero-order valence-electron chi connectivity index (χ0n) is 14.4. The van der Waals surface area contributed by atoms with E-state index in [1.54, 1.807) is 13.0 Å². The van der Waals surface area contributed by atoms with Crippen LogP contribution < -0.4 is 0 Å². The van der Waals surface area contributed by atoms with Crippen molar-refractivity contribution in [2.75, 3.05) is 5.75 Å². The molecular formula is C19H16F3N3OS. The molecule has 1 unspecified atom stereocenters. The zero-order chi connectivity index (χ0) is 19.4. The fraction of sp³-hybridized carbons (Fsp3) is 0.211. The first kappa shape index (κ1) is 19.2. The third-order valence-electron chi connectivity index (χ3n) is 3.80. The molecule has 0 aliphatic heterocycles. The van der Waals surface area contributed by atoms with E-state index in [2.05, 4.69) is 15.0 Å². The molecule has 8 heteroatoms. The summed E-state index contributed by atoms with van der Waals surface area (Å²) in [7, 11) is -1.69. The van der Waals surface area contributed by atoms with Gasteiger partial charge in [0.05, 0.1) is 10.8 Å². The summed E-state index contributed by atoms with van der Waals surface area (Å²) >= 11 is 0. The first-order valence-electron chi connectivity index (χ1n) is 8.14. The first-order valence-corrected chi connectivity index (χ1v) is 9.46. The van der Waals surface area contributed by atoms with Crippen LogP contribution >= 0.6 is 0 Å². The van der Waals surface area contributed by atoms with Gasteiger partial charge in [-0.1, -0.05) is 30.3 Å². The molecular weight excluding hydrogens is 375 g/mol. The van der Waals surface area contributed by atoms with Gasteiger partial charge in [0.2, 0.25) is 0 Å². The molecule has 3 rings (SSSR count). The SMILES string of the molecule is Cc1cc(-c2nc(S(=O)CCc3ccccc3)cc(C(F)(F)F)n2)ccn1. The van der Waals surface area contributed by atoms with Gasteiger partial charge in [0.15, 0.2) is 5.82 Å². The zero-order valence-corrected chi connectivity index (χ0v) is 15.2. The quantitative estimate of drug-likeness (QED) is 0.611. The lowest BCUT2D eigenvalue weighted by Gasteiger charge is -2.11. The second-order valence-electron chi connectivity index (χ2n) is 5.88. The number of aromatic nitrogens is 3. The van der Waals surface area contributed by atoms with Crippen LogP contribution in [0.1, 0.15) is 17.0 Å². The van der Waals surface area contributed by atoms with Crippen molar-refractivity contribution in [2.24, 2.45) is 0 Å². The number of hydrogen-bond acceptors (Lipinski definition) is 4. The van der Waals surface area contributed by atoms with Gasteiger partial charge in [0, 0.05) is 29.3 Å². The molecule has 1 aromatic carbocycles. The molecule has 1 atom stereocenters. The van der Waals surface area contributed by atoms with Gasteiger partial charge in [-0.15, -0.1) is 0 Å². The summed E-state index contributed by atoms with van der Waals surface area (Å²) in [4.78, 5) is 11.8. The molecule has 0 amide bonds. The lowest BCUT2D eigenvalue weighted by molar-refractivity contribution is -0.141. The number of halogens is 3. The van der Waals surface area contributed by atoms with Gasteiger partial charge in [-0.05, 0) is 31.0 Å². The fourth-order valence-corrected chi connectivity index (χ4v) is 3.52. The Hall–Kier alpha value is -2.61. The van der Waals surface area contributed by atoms with E-state index in [1.807, 2.05) is 30.3 Å². The number of alkyl halides is 3. The van der Waals surface area contributed by atoms with Crippen LogP contribution in [0.5, 0.6) is 0 Å². The molecule has 0 bridgehead atoms. The van der Waals surface area contributed by atoms with Crippen LogP contribution in [0.15, 0.2) is 59.8 Å². The van der Waals surface area contributed by atoms with Crippen LogP contribution in [0, 0.1) is 6.92 Å². The summed E-state index contributed by atoms with van der Waals surface area (Å²) in [6.07, 6.45) is -2.71. The van der Waals surface area contributed by atoms with Gasteiger partial charge < -0.3 is 0 Å². The molecule has 0 fully saturated rings. The van der Waals surface area contributed by atoms with Crippen molar-refractivity contribution in [1.29, 1.82) is 0 Å². The highest BCUT2D eigenvalue weighted by atomic mass is 32.2. The molecule has 27 heavy (non-hydrogen) atoms. The second kappa shape index (κ2) is 7.96. The van der Waals surface area contributed by atoms with Crippen LogP contribution in [-0.4, -0.2) is 24.9 Å². The highest BCUT2D eigenvalue weighted by Crippen LogP contribution is 2.30. The predicted octanol–water partition coefficient (Wildman–Crippen LogP) is 4.22. The van der Waals surface area contributed by atoms with E-state index in [4.69, 9.17) is 0 Å². The van der Waals surface area contributed by atoms with Crippen LogP contribution in [0.2, 0.25) is 0 Å². The Morgan fingerprint density at radius 1 is 1.04 bits per heavy atom. The summed E-state index contributed by atoms with van der Waals surface area (Å²) in [6.45, 7) is 1.72. The van der Waals surface area contributed by atoms with Crippen molar-refractivity contribution in [3.63, 3.8) is 0 Å². The van der Waals surface area contributed by atoms with Crippen LogP contribution in [0.25, 0.3) is 11.4 Å². The monoisotopic (exact) mass is 391 g/mol. The molecule has 0 N–H and O–H groups in total. The van der Waals surface area contributed by atoms with E-state index in [0.717, 1.165) is 11.6 Å². The minimum Gasteiger partial charge on any atom is -0.262 e. The summed E-state index contributed by atoms with van der Waals surface area (Å²) in [5, 5.41) is -0.127. The van der Waals surface area contributed by atoms with Gasteiger partial charge in [-0.25, -0.2) is 9.97 Å². The molecule has 0 saturated heterocycles. The molecule has 0 saturated carbocycles. The van der Waals surface area contributed by atoms with Gasteiger partial charge in [-0.3, -0.25) is 9.19 Å². The summed E-state index contributed by atoms with van der Waals surface area (Å²) in [5.74, 6) is 0.0611. The van der Waals surface area contributed by atoms with Crippen molar-refractivity contribution in [1.82, 2.24) is 15.0 Å². The lowest BCUT2D eigenvalue weighted by atomic mass is 10.2. The van der Waals surface area contributed by atoms with Gasteiger partial charge in [-0.2, -0.15) is 13.2 Å². The second-order valence-corrected chi connectivity index (χ2v) is 7.40. The number of rotatable bonds is 5. The minimum atomic E-state index is -4.65. The highest BCUT2D eigenvalue weighted by Gasteiger charge is 2.34. The normalized spacial score (nSPS) is 12.7. The maximum atomic E-state index is 13.3. The van der Waals surface area contributed by atoms with E-state index >= 15 is 0 Å². The number of aryl methyl sites for hydroxylation is 2. The predicted molar refractivity (Wildman–Crippen MR) is 96.4 cm³/mol. The van der Waals surface area contributed by atoms with E-state index < -0.39 is 22.7 Å². The summed E-state index contributed by atoms with van der Waals surface area (Å²) < 4.78 is 52.4. The van der Waals surface area contributed by atoms with Crippen LogP contribution in [0.3, 0.4) is 0 Å². The Morgan fingerprint density at radius 2 is 1.78 bits per heavy atom. The van der Waals surface area contributed by atoms with Crippen molar-refractivity contribution in [2.45, 2.75) is 24.5 Å². The van der Waals surface area contributed by atoms with E-state index in [0.29, 0.717) is 17.7 Å². The molecule has 0 aliphatic carbocycles. The van der Waals surface area contributed by atoms with E-state index in [-0.39, 0.29) is 16.6 Å². The Bertz CT molecular complexity index is 962. The van der Waals surface area contributed by atoms with Gasteiger partial charge in [0.1, 0.15) is 10.7 Å². The number of nitrogens with zero attached hydrogens (tertiary/aromatic N) is 3. The standard InChI is InChI=1S/C19H16F3N3OS/c1-13-11-15(7-9-23-13)18-24-16(19(20,21)22)12-17(25-18)27(26)10-8-14-5-3-2-4-6-14/h2-7,9,11-12H,8,10H2,1H3.